The van der Waals surface area contributed by atoms with Crippen molar-refractivity contribution in [3.8, 4) is 11.5 Å². The number of guanidine groups is 1. The quantitative estimate of drug-likeness (QED) is 0.497. The highest BCUT2D eigenvalue weighted by Crippen LogP contribution is 2.28. The minimum absolute atomic E-state index is 0.301. The lowest BCUT2D eigenvalue weighted by atomic mass is 10.1. The molecule has 0 amide bonds. The van der Waals surface area contributed by atoms with Crippen molar-refractivity contribution in [1.29, 1.82) is 0 Å². The number of methoxy groups -OCH3 is 2. The van der Waals surface area contributed by atoms with Gasteiger partial charge in [-0.05, 0) is 29.3 Å². The first-order valence-electron chi connectivity index (χ1n) is 8.53. The number of aliphatic imine (C=N–C) groups is 1. The first-order valence-corrected chi connectivity index (χ1v) is 8.53. The van der Waals surface area contributed by atoms with Crippen LogP contribution in [0.5, 0.6) is 11.5 Å². The average Bonchev–Trinajstić information content (AvgIpc) is 3.20. The Balaban J connectivity index is 1.73. The number of anilines is 1. The SMILES string of the molecule is COc1ccc(OC)c(NC(N)=NCc2ccccc2Cn2cccn2)c1. The maximum atomic E-state index is 6.08. The molecule has 0 unspecified atom stereocenters. The van der Waals surface area contributed by atoms with Gasteiger partial charge in [0.15, 0.2) is 5.96 Å². The number of nitrogens with zero attached hydrogens (tertiary/aromatic N) is 3. The Morgan fingerprint density at radius 3 is 2.63 bits per heavy atom. The topological polar surface area (TPSA) is 86.7 Å². The van der Waals surface area contributed by atoms with Gasteiger partial charge in [0.25, 0.3) is 0 Å². The summed E-state index contributed by atoms with van der Waals surface area (Å²) in [7, 11) is 3.21. The highest BCUT2D eigenvalue weighted by Gasteiger charge is 2.07. The molecule has 7 nitrogen and oxygen atoms in total. The number of hydrogen-bond donors (Lipinski definition) is 2. The summed E-state index contributed by atoms with van der Waals surface area (Å²) in [6, 6.07) is 15.5. The number of aromatic nitrogens is 2. The van der Waals surface area contributed by atoms with Crippen LogP contribution in [0.3, 0.4) is 0 Å². The van der Waals surface area contributed by atoms with Crippen LogP contribution in [0.15, 0.2) is 65.9 Å². The molecule has 0 aliphatic carbocycles. The third-order valence-electron chi connectivity index (χ3n) is 4.10. The van der Waals surface area contributed by atoms with Crippen LogP contribution in [0.1, 0.15) is 11.1 Å². The van der Waals surface area contributed by atoms with Gasteiger partial charge in [0.05, 0.1) is 33.0 Å². The molecule has 3 N–H and O–H groups in total. The fraction of sp³-hybridized carbons (Fsp3) is 0.200. The highest BCUT2D eigenvalue weighted by atomic mass is 16.5. The summed E-state index contributed by atoms with van der Waals surface area (Å²) < 4.78 is 12.5. The van der Waals surface area contributed by atoms with Crippen molar-refractivity contribution < 1.29 is 9.47 Å². The molecule has 0 saturated heterocycles. The van der Waals surface area contributed by atoms with E-state index in [9.17, 15) is 0 Å². The van der Waals surface area contributed by atoms with Crippen LogP contribution in [-0.2, 0) is 13.1 Å². The predicted octanol–water partition coefficient (Wildman–Crippen LogP) is 2.88. The van der Waals surface area contributed by atoms with Crippen molar-refractivity contribution in [2.24, 2.45) is 10.7 Å². The van der Waals surface area contributed by atoms with Crippen molar-refractivity contribution in [2.75, 3.05) is 19.5 Å². The Hall–Kier alpha value is -3.48. The van der Waals surface area contributed by atoms with Crippen LogP contribution in [0.25, 0.3) is 0 Å². The molecule has 1 heterocycles. The van der Waals surface area contributed by atoms with Gasteiger partial charge in [-0.3, -0.25) is 4.68 Å². The second-order valence-corrected chi connectivity index (χ2v) is 5.87. The van der Waals surface area contributed by atoms with Crippen LogP contribution in [-0.4, -0.2) is 30.0 Å². The molecule has 1 aromatic heterocycles. The third kappa shape index (κ3) is 4.78. The monoisotopic (exact) mass is 365 g/mol. The summed E-state index contributed by atoms with van der Waals surface area (Å²) in [4.78, 5) is 4.47. The van der Waals surface area contributed by atoms with E-state index >= 15 is 0 Å². The molecule has 2 aromatic carbocycles. The van der Waals surface area contributed by atoms with E-state index in [0.717, 1.165) is 11.1 Å². The molecule has 0 fully saturated rings. The van der Waals surface area contributed by atoms with Crippen molar-refractivity contribution in [3.05, 3.63) is 72.1 Å². The Bertz CT molecular complexity index is 906. The van der Waals surface area contributed by atoms with Gasteiger partial charge in [-0.2, -0.15) is 5.10 Å². The van der Waals surface area contributed by atoms with Crippen LogP contribution in [0.4, 0.5) is 5.69 Å². The van der Waals surface area contributed by atoms with Gasteiger partial charge in [-0.25, -0.2) is 4.99 Å². The molecule has 140 valence electrons. The molecule has 0 atom stereocenters. The third-order valence-corrected chi connectivity index (χ3v) is 4.10. The second-order valence-electron chi connectivity index (χ2n) is 5.87. The van der Waals surface area contributed by atoms with E-state index in [1.165, 1.54) is 0 Å². The lowest BCUT2D eigenvalue weighted by molar-refractivity contribution is 0.405. The zero-order valence-electron chi connectivity index (χ0n) is 15.4. The van der Waals surface area contributed by atoms with Crippen molar-refractivity contribution in [2.45, 2.75) is 13.1 Å². The highest BCUT2D eigenvalue weighted by molar-refractivity contribution is 5.94. The van der Waals surface area contributed by atoms with E-state index in [0.29, 0.717) is 36.2 Å². The zero-order chi connectivity index (χ0) is 19.1. The van der Waals surface area contributed by atoms with Crippen LogP contribution >= 0.6 is 0 Å². The Morgan fingerprint density at radius 2 is 1.93 bits per heavy atom. The summed E-state index contributed by atoms with van der Waals surface area (Å²) in [6.45, 7) is 1.15. The van der Waals surface area contributed by atoms with E-state index in [1.54, 1.807) is 20.4 Å². The van der Waals surface area contributed by atoms with Crippen LogP contribution < -0.4 is 20.5 Å². The standard InChI is InChI=1S/C20H23N5O2/c1-26-17-8-9-19(27-2)18(12-17)24-20(21)22-13-15-6-3-4-7-16(15)14-25-11-5-10-23-25/h3-12H,13-14H2,1-2H3,(H3,21,22,24). The summed E-state index contributed by atoms with van der Waals surface area (Å²) in [5.74, 6) is 1.67. The molecule has 0 saturated carbocycles. The van der Waals surface area contributed by atoms with Crippen LogP contribution in [0, 0.1) is 0 Å². The lowest BCUT2D eigenvalue weighted by Crippen LogP contribution is -2.23. The molecule has 0 spiro atoms. The number of rotatable bonds is 7. The number of ether oxygens (including phenoxy) is 2. The molecule has 27 heavy (non-hydrogen) atoms. The molecular formula is C20H23N5O2. The fourth-order valence-corrected chi connectivity index (χ4v) is 2.69. The van der Waals surface area contributed by atoms with E-state index < -0.39 is 0 Å². The van der Waals surface area contributed by atoms with Gasteiger partial charge < -0.3 is 20.5 Å². The summed E-state index contributed by atoms with van der Waals surface area (Å²) in [5, 5.41) is 7.33. The molecule has 0 bridgehead atoms. The first kappa shape index (κ1) is 18.3. The van der Waals surface area contributed by atoms with E-state index in [4.69, 9.17) is 15.2 Å². The van der Waals surface area contributed by atoms with Gasteiger partial charge >= 0.3 is 0 Å². The van der Waals surface area contributed by atoms with Gasteiger partial charge in [-0.1, -0.05) is 24.3 Å². The maximum Gasteiger partial charge on any atom is 0.193 e. The largest absolute Gasteiger partial charge is 0.497 e. The minimum Gasteiger partial charge on any atom is -0.497 e. The van der Waals surface area contributed by atoms with Crippen LogP contribution in [0.2, 0.25) is 0 Å². The summed E-state index contributed by atoms with van der Waals surface area (Å²) >= 11 is 0. The zero-order valence-corrected chi connectivity index (χ0v) is 15.4. The summed E-state index contributed by atoms with van der Waals surface area (Å²) in [6.07, 6.45) is 3.70. The molecule has 0 radical (unpaired) electrons. The number of benzene rings is 2. The number of nitrogens with one attached hydrogen (secondary N) is 1. The fourth-order valence-electron chi connectivity index (χ4n) is 2.69. The predicted molar refractivity (Wildman–Crippen MR) is 106 cm³/mol. The second kappa shape index (κ2) is 8.75. The van der Waals surface area contributed by atoms with Gasteiger partial charge in [0.1, 0.15) is 11.5 Å². The summed E-state index contributed by atoms with van der Waals surface area (Å²) in [5.41, 5.74) is 9.02. The Morgan fingerprint density at radius 1 is 1.11 bits per heavy atom. The Labute approximate surface area is 158 Å². The lowest BCUT2D eigenvalue weighted by Gasteiger charge is -2.12. The molecule has 3 aromatic rings. The van der Waals surface area contributed by atoms with Crippen molar-refractivity contribution in [1.82, 2.24) is 9.78 Å². The number of hydrogen-bond acceptors (Lipinski definition) is 4. The van der Waals surface area contributed by atoms with Crippen molar-refractivity contribution in [3.63, 3.8) is 0 Å². The van der Waals surface area contributed by atoms with E-state index in [1.807, 2.05) is 53.3 Å². The normalized spacial score (nSPS) is 11.3. The minimum atomic E-state index is 0.301. The molecule has 7 heteroatoms. The van der Waals surface area contributed by atoms with E-state index in [2.05, 4.69) is 21.5 Å². The van der Waals surface area contributed by atoms with Crippen molar-refractivity contribution >= 4 is 11.6 Å². The molecule has 0 aliphatic rings. The molecule has 3 rings (SSSR count). The first-order chi connectivity index (χ1) is 13.2. The smallest absolute Gasteiger partial charge is 0.193 e. The number of nitrogens with two attached hydrogens (primary N) is 1. The molecule has 0 aliphatic heterocycles. The Kier molecular flexibility index (Phi) is 5.94. The van der Waals surface area contributed by atoms with Gasteiger partial charge in [0, 0.05) is 18.5 Å². The average molecular weight is 365 g/mol. The van der Waals surface area contributed by atoms with Gasteiger partial charge in [0.2, 0.25) is 0 Å². The molecular weight excluding hydrogens is 342 g/mol. The van der Waals surface area contributed by atoms with E-state index in [-0.39, 0.29) is 0 Å². The maximum absolute atomic E-state index is 6.08. The van der Waals surface area contributed by atoms with Gasteiger partial charge in [-0.15, -0.1) is 0 Å².